The first-order valence-electron chi connectivity index (χ1n) is 9.73. The van der Waals surface area contributed by atoms with E-state index >= 15 is 0 Å². The molecule has 0 spiro atoms. The van der Waals surface area contributed by atoms with Gasteiger partial charge in [-0.25, -0.2) is 12.2 Å². The summed E-state index contributed by atoms with van der Waals surface area (Å²) in [6.07, 6.45) is 11.0. The van der Waals surface area contributed by atoms with Crippen LogP contribution in [-0.4, -0.2) is 6.88 Å². The molecule has 0 aliphatic heterocycles. The van der Waals surface area contributed by atoms with Crippen molar-refractivity contribution in [2.45, 2.75) is 40.5 Å². The summed E-state index contributed by atoms with van der Waals surface area (Å²) in [5.74, 6) is 1.17. The van der Waals surface area contributed by atoms with E-state index in [2.05, 4.69) is 96.2 Å². The molecule has 0 nitrogen and oxygen atoms in total. The Morgan fingerprint density at radius 3 is 1.90 bits per heavy atom. The van der Waals surface area contributed by atoms with Crippen molar-refractivity contribution in [3.8, 4) is 11.1 Å². The molecule has 166 valence electrons. The van der Waals surface area contributed by atoms with Gasteiger partial charge in [-0.3, -0.25) is 6.08 Å². The van der Waals surface area contributed by atoms with E-state index < -0.39 is 0 Å². The molecular formula is C26H36Cl2SiZr-4. The van der Waals surface area contributed by atoms with E-state index in [1.165, 1.54) is 22.3 Å². The number of rotatable bonds is 0. The molecule has 0 fully saturated rings. The molecule has 2 aliphatic rings. The van der Waals surface area contributed by atoms with Crippen molar-refractivity contribution < 1.29 is 23.3 Å². The summed E-state index contributed by atoms with van der Waals surface area (Å²) in [4.78, 5) is 0. The zero-order chi connectivity index (χ0) is 21.4. The van der Waals surface area contributed by atoms with Gasteiger partial charge in [0.2, 0.25) is 0 Å². The molecule has 0 saturated heterocycles. The second kappa shape index (κ2) is 21.8. The van der Waals surface area contributed by atoms with Gasteiger partial charge < -0.3 is 13.8 Å². The smallest absolute Gasteiger partial charge is 0.0253 e. The van der Waals surface area contributed by atoms with Crippen LogP contribution in [0.3, 0.4) is 0 Å². The summed E-state index contributed by atoms with van der Waals surface area (Å²) >= 11 is 1.58. The summed E-state index contributed by atoms with van der Waals surface area (Å²) in [6, 6.07) is 18.1. The van der Waals surface area contributed by atoms with Gasteiger partial charge >= 0.3 is 30.2 Å². The second-order valence-electron chi connectivity index (χ2n) is 7.19. The van der Waals surface area contributed by atoms with Gasteiger partial charge in [-0.1, -0.05) is 63.1 Å². The van der Waals surface area contributed by atoms with E-state index in [1.807, 2.05) is 25.1 Å². The summed E-state index contributed by atoms with van der Waals surface area (Å²) in [7, 11) is 0. The fraction of sp³-hybridized carbons (Fsp3) is 0.308. The normalized spacial score (nSPS) is 10.8. The van der Waals surface area contributed by atoms with Crippen molar-refractivity contribution in [1.82, 2.24) is 0 Å². The first-order valence-corrected chi connectivity index (χ1v) is 15.6. The third-order valence-corrected chi connectivity index (χ3v) is 3.20. The van der Waals surface area contributed by atoms with Crippen LogP contribution in [0.4, 0.5) is 0 Å². The maximum Gasteiger partial charge on any atom is -0.0253 e. The van der Waals surface area contributed by atoms with Crippen LogP contribution in [0, 0.1) is 37.8 Å². The second-order valence-corrected chi connectivity index (χ2v) is 7.19. The largest absolute Gasteiger partial charge is 0.179 e. The van der Waals surface area contributed by atoms with Gasteiger partial charge in [0.25, 0.3) is 0 Å². The van der Waals surface area contributed by atoms with E-state index in [0.717, 1.165) is 12.8 Å². The fourth-order valence-electron chi connectivity index (χ4n) is 2.34. The first-order chi connectivity index (χ1) is 13.4. The van der Waals surface area contributed by atoms with Crippen molar-refractivity contribution in [2.75, 3.05) is 0 Å². The van der Waals surface area contributed by atoms with Crippen LogP contribution in [0.5, 0.6) is 0 Å². The molecule has 0 amide bonds. The SMILES string of the molecule is Cl.Cl.[C-]1=CC=CC1.[CH2-]C(C)C.[CH2-]C(C)C.[SiH2]=[Zr].[c-]1cccc2c1Cc1ccccc1-2. The Labute approximate surface area is 215 Å². The standard InChI is InChI=1S/C13H9.C5H5.2C4H9.2ClH.H2Si.Zr/c1-3-7-12-10(5-1)9-11-6-2-4-8-13(11)12;1-2-4-5-3-1;2*1-4(2)3;;;;/h1-5,7-8H,9H2;1-3H,4H2;2*4H,1H2,2-3H3;2*1H;1H2;/q4*-1;;;;. The molecule has 0 atom stereocenters. The topological polar surface area (TPSA) is 0 Å². The van der Waals surface area contributed by atoms with Crippen LogP contribution >= 0.6 is 24.8 Å². The van der Waals surface area contributed by atoms with Gasteiger partial charge in [0, 0.05) is 0 Å². The zero-order valence-electron chi connectivity index (χ0n) is 18.8. The van der Waals surface area contributed by atoms with Gasteiger partial charge in [0.05, 0.1) is 0 Å². The minimum atomic E-state index is 0. The molecule has 2 aromatic carbocycles. The number of hydrogen-bond acceptors (Lipinski definition) is 0. The van der Waals surface area contributed by atoms with E-state index in [9.17, 15) is 0 Å². The average Bonchev–Trinajstić information content (AvgIpc) is 3.34. The van der Waals surface area contributed by atoms with Crippen LogP contribution in [0.25, 0.3) is 11.1 Å². The van der Waals surface area contributed by atoms with Gasteiger partial charge in [0.15, 0.2) is 0 Å². The van der Waals surface area contributed by atoms with Crippen LogP contribution < -0.4 is 0 Å². The summed E-state index contributed by atoms with van der Waals surface area (Å²) < 4.78 is 0. The molecule has 2 aliphatic carbocycles. The molecule has 30 heavy (non-hydrogen) atoms. The van der Waals surface area contributed by atoms with Crippen molar-refractivity contribution >= 4 is 31.7 Å². The molecule has 0 bridgehead atoms. The molecule has 0 unspecified atom stereocenters. The third-order valence-electron chi connectivity index (χ3n) is 3.20. The third kappa shape index (κ3) is 16.3. The van der Waals surface area contributed by atoms with Gasteiger partial charge in [-0.2, -0.15) is 47.7 Å². The summed E-state index contributed by atoms with van der Waals surface area (Å²) in [5, 5.41) is 0. The number of halogens is 2. The van der Waals surface area contributed by atoms with Crippen LogP contribution in [0.1, 0.15) is 45.2 Å². The maximum atomic E-state index is 3.64. The van der Waals surface area contributed by atoms with Crippen LogP contribution in [0.2, 0.25) is 0 Å². The first kappa shape index (κ1) is 34.2. The predicted octanol–water partition coefficient (Wildman–Crippen LogP) is 7.24. The van der Waals surface area contributed by atoms with E-state index in [1.54, 1.807) is 23.3 Å². The van der Waals surface area contributed by atoms with Crippen molar-refractivity contribution in [3.63, 3.8) is 0 Å². The molecule has 0 aromatic heterocycles. The number of benzene rings is 2. The molecule has 4 rings (SSSR count). The van der Waals surface area contributed by atoms with Gasteiger partial charge in [-0.05, 0) is 6.42 Å². The summed E-state index contributed by atoms with van der Waals surface area (Å²) in [5.41, 5.74) is 5.51. The van der Waals surface area contributed by atoms with Crippen molar-refractivity contribution in [1.29, 1.82) is 0 Å². The van der Waals surface area contributed by atoms with Gasteiger partial charge in [0.1, 0.15) is 0 Å². The quantitative estimate of drug-likeness (QED) is 0.209. The molecule has 0 radical (unpaired) electrons. The van der Waals surface area contributed by atoms with Crippen LogP contribution in [0.15, 0.2) is 60.7 Å². The molecule has 0 saturated carbocycles. The Hall–Kier alpha value is -0.400. The zero-order valence-corrected chi connectivity index (χ0v) is 24.3. The Morgan fingerprint density at radius 2 is 1.43 bits per heavy atom. The Bertz CT molecular complexity index is 659. The van der Waals surface area contributed by atoms with Gasteiger partial charge in [-0.15, -0.1) is 36.8 Å². The van der Waals surface area contributed by atoms with E-state index in [-0.39, 0.29) is 24.8 Å². The molecule has 2 aromatic rings. The molecular weight excluding hydrogens is 503 g/mol. The minimum Gasteiger partial charge on any atom is -0.179 e. The minimum absolute atomic E-state index is 0. The molecule has 0 N–H and O–H groups in total. The Morgan fingerprint density at radius 1 is 0.900 bits per heavy atom. The summed E-state index contributed by atoms with van der Waals surface area (Å²) in [6.45, 7) is 17.5. The number of allylic oxidation sites excluding steroid dienone is 4. The van der Waals surface area contributed by atoms with Crippen molar-refractivity contribution in [3.05, 3.63) is 97.8 Å². The fourth-order valence-corrected chi connectivity index (χ4v) is 2.34. The van der Waals surface area contributed by atoms with Crippen LogP contribution in [-0.2, 0) is 29.8 Å². The molecule has 0 heterocycles. The van der Waals surface area contributed by atoms with Crippen molar-refractivity contribution in [2.24, 2.45) is 11.8 Å². The average molecular weight is 539 g/mol. The maximum absolute atomic E-state index is 3.64. The van der Waals surface area contributed by atoms with E-state index in [0.29, 0.717) is 11.8 Å². The predicted molar refractivity (Wildman–Crippen MR) is 139 cm³/mol. The molecule has 4 heteroatoms. The Kier molecular flexibility index (Phi) is 24.9. The monoisotopic (exact) mass is 536 g/mol. The Balaban J connectivity index is -0.000000364. The number of hydrogen-bond donors (Lipinski definition) is 0. The number of fused-ring (bicyclic) bond motifs is 3. The van der Waals surface area contributed by atoms with E-state index in [4.69, 9.17) is 0 Å².